The summed E-state index contributed by atoms with van der Waals surface area (Å²) in [6, 6.07) is 7.37. The highest BCUT2D eigenvalue weighted by Gasteiger charge is 2.51. The lowest BCUT2D eigenvalue weighted by Gasteiger charge is -2.39. The first-order valence-electron chi connectivity index (χ1n) is 16.0. The number of nitrogens with one attached hydrogen (secondary N) is 2. The Morgan fingerprint density at radius 1 is 1.11 bits per heavy atom. The number of nitrogens with two attached hydrogens (primary N) is 1. The average Bonchev–Trinajstić information content (AvgIpc) is 3.72. The van der Waals surface area contributed by atoms with Crippen molar-refractivity contribution in [1.29, 1.82) is 0 Å². The summed E-state index contributed by atoms with van der Waals surface area (Å²) >= 11 is 0. The first kappa shape index (κ1) is 34.4. The molecule has 246 valence electrons. The second kappa shape index (κ2) is 15.7. The average molecular weight is 624 g/mol. The van der Waals surface area contributed by atoms with Crippen molar-refractivity contribution >= 4 is 23.5 Å². The number of carbonyl (C=O) groups is 3. The van der Waals surface area contributed by atoms with Crippen LogP contribution >= 0.6 is 0 Å². The maximum Gasteiger partial charge on any atom is 0.303 e. The van der Waals surface area contributed by atoms with E-state index in [-0.39, 0.29) is 59.8 Å². The standard InChI is InChI=1S/C35H49N3O7/c1-22(7-14-32-23(2)16-31(25(4)44-32)38-33(40)15-8-24(3)43-26(5)39)6-13-29-18-35(21-42-35)19-30(45-29)17-34(41)37-20-27-9-11-28(36)12-10-27/h6-13,15,23-25,29-32H,14,16-21,36H2,1-5H3,(H,37,41)(H,38,40)/b13-6+,15-8-,22-7+/t23-,24?,25+,29+,30+,31+,32-,35+/m0/s1. The molecule has 10 nitrogen and oxygen atoms in total. The fraction of sp³-hybridized carbons (Fsp3) is 0.571. The van der Waals surface area contributed by atoms with Gasteiger partial charge >= 0.3 is 5.97 Å². The molecular weight excluding hydrogens is 574 g/mol. The molecule has 4 rings (SSSR count). The molecule has 3 heterocycles. The van der Waals surface area contributed by atoms with Crippen LogP contribution in [0.1, 0.15) is 72.3 Å². The van der Waals surface area contributed by atoms with Crippen molar-refractivity contribution in [3.05, 3.63) is 65.8 Å². The highest BCUT2D eigenvalue weighted by Crippen LogP contribution is 2.43. The van der Waals surface area contributed by atoms with Crippen LogP contribution in [0, 0.1) is 5.92 Å². The van der Waals surface area contributed by atoms with Crippen LogP contribution in [-0.2, 0) is 39.9 Å². The summed E-state index contributed by atoms with van der Waals surface area (Å²) in [5.41, 5.74) is 8.36. The van der Waals surface area contributed by atoms with Gasteiger partial charge < -0.3 is 35.3 Å². The topological polar surface area (TPSA) is 142 Å². The summed E-state index contributed by atoms with van der Waals surface area (Å²) < 4.78 is 23.5. The van der Waals surface area contributed by atoms with Crippen molar-refractivity contribution in [3.8, 4) is 0 Å². The lowest BCUT2D eigenvalue weighted by atomic mass is 9.88. The first-order valence-corrected chi connectivity index (χ1v) is 16.0. The Bertz CT molecular complexity index is 1270. The highest BCUT2D eigenvalue weighted by molar-refractivity contribution is 5.87. The minimum absolute atomic E-state index is 0.0428. The van der Waals surface area contributed by atoms with Crippen LogP contribution in [0.5, 0.6) is 0 Å². The SMILES string of the molecule is CC(=O)OC(C)/C=C\C(=O)N[C@@H]1C[C@H](C)[C@H](C/C=C(C)/C=C/[C@@H]2C[C@]3(CO3)C[C@@H](CC(=O)NCc3ccc(N)cc3)O2)O[C@@H]1C. The maximum atomic E-state index is 12.7. The molecule has 45 heavy (non-hydrogen) atoms. The number of carbonyl (C=O) groups excluding carboxylic acids is 3. The third kappa shape index (κ3) is 11.1. The summed E-state index contributed by atoms with van der Waals surface area (Å²) in [6.07, 6.45) is 11.8. The number of hydrogen-bond donors (Lipinski definition) is 3. The molecule has 3 saturated heterocycles. The summed E-state index contributed by atoms with van der Waals surface area (Å²) in [7, 11) is 0. The van der Waals surface area contributed by atoms with E-state index in [9.17, 15) is 14.4 Å². The van der Waals surface area contributed by atoms with Crippen molar-refractivity contribution < 1.29 is 33.3 Å². The second-order valence-corrected chi connectivity index (χ2v) is 12.8. The number of rotatable bonds is 12. The molecule has 1 unspecified atom stereocenters. The monoisotopic (exact) mass is 623 g/mol. The lowest BCUT2D eigenvalue weighted by Crippen LogP contribution is -2.50. The molecule has 4 N–H and O–H groups in total. The molecule has 1 aromatic carbocycles. The molecule has 0 aliphatic carbocycles. The summed E-state index contributed by atoms with van der Waals surface area (Å²) in [6.45, 7) is 10.4. The van der Waals surface area contributed by atoms with Gasteiger partial charge in [-0.15, -0.1) is 0 Å². The summed E-state index contributed by atoms with van der Waals surface area (Å²) in [5.74, 6) is -0.409. The molecule has 0 radical (unpaired) electrons. The summed E-state index contributed by atoms with van der Waals surface area (Å²) in [5, 5.41) is 6.00. The van der Waals surface area contributed by atoms with E-state index in [1.54, 1.807) is 13.0 Å². The smallest absolute Gasteiger partial charge is 0.303 e. The van der Waals surface area contributed by atoms with Gasteiger partial charge in [0, 0.05) is 38.1 Å². The van der Waals surface area contributed by atoms with Crippen molar-refractivity contribution in [3.63, 3.8) is 0 Å². The molecule has 1 spiro atoms. The van der Waals surface area contributed by atoms with E-state index >= 15 is 0 Å². The Labute approximate surface area is 266 Å². The predicted molar refractivity (Wildman–Crippen MR) is 172 cm³/mol. The first-order chi connectivity index (χ1) is 21.4. The number of epoxide rings is 1. The van der Waals surface area contributed by atoms with Crippen molar-refractivity contribution in [2.45, 2.75) is 115 Å². The number of anilines is 1. The van der Waals surface area contributed by atoms with Gasteiger partial charge in [0.1, 0.15) is 6.10 Å². The Morgan fingerprint density at radius 2 is 1.84 bits per heavy atom. The molecule has 8 atom stereocenters. The van der Waals surface area contributed by atoms with Gasteiger partial charge in [0.15, 0.2) is 0 Å². The molecule has 1 aromatic rings. The van der Waals surface area contributed by atoms with Gasteiger partial charge in [-0.1, -0.05) is 42.9 Å². The van der Waals surface area contributed by atoms with Crippen LogP contribution in [0.2, 0.25) is 0 Å². The maximum absolute atomic E-state index is 12.7. The number of allylic oxidation sites excluding steroid dienone is 2. The molecule has 3 fully saturated rings. The van der Waals surface area contributed by atoms with Gasteiger partial charge in [0.25, 0.3) is 0 Å². The van der Waals surface area contributed by atoms with Crippen LogP contribution in [0.25, 0.3) is 0 Å². The quantitative estimate of drug-likeness (QED) is 0.103. The molecule has 0 aromatic heterocycles. The zero-order chi connectivity index (χ0) is 32.6. The van der Waals surface area contributed by atoms with E-state index in [0.29, 0.717) is 25.3 Å². The van der Waals surface area contributed by atoms with Crippen LogP contribution in [-0.4, -0.2) is 66.6 Å². The third-order valence-corrected chi connectivity index (χ3v) is 8.64. The molecule has 0 bridgehead atoms. The number of esters is 1. The predicted octanol–water partition coefficient (Wildman–Crippen LogP) is 4.29. The van der Waals surface area contributed by atoms with Gasteiger partial charge in [-0.3, -0.25) is 14.4 Å². The van der Waals surface area contributed by atoms with Crippen molar-refractivity contribution in [2.24, 2.45) is 5.92 Å². The molecule has 10 heteroatoms. The van der Waals surface area contributed by atoms with Crippen LogP contribution in [0.15, 0.2) is 60.2 Å². The Balaban J connectivity index is 1.22. The molecule has 2 amide bonds. The molecule has 3 aliphatic heterocycles. The van der Waals surface area contributed by atoms with E-state index in [0.717, 1.165) is 36.8 Å². The Kier molecular flexibility index (Phi) is 12.0. The fourth-order valence-electron chi connectivity index (χ4n) is 5.99. The zero-order valence-electron chi connectivity index (χ0n) is 27.1. The number of hydrogen-bond acceptors (Lipinski definition) is 8. The minimum Gasteiger partial charge on any atom is -0.459 e. The van der Waals surface area contributed by atoms with Crippen LogP contribution in [0.3, 0.4) is 0 Å². The van der Waals surface area contributed by atoms with Gasteiger partial charge in [-0.25, -0.2) is 0 Å². The number of amides is 2. The molecule has 0 saturated carbocycles. The number of nitrogen functional groups attached to an aromatic ring is 1. The molecule has 3 aliphatic rings. The highest BCUT2D eigenvalue weighted by atomic mass is 16.6. The Morgan fingerprint density at radius 3 is 2.53 bits per heavy atom. The van der Waals surface area contributed by atoms with Gasteiger partial charge in [-0.2, -0.15) is 0 Å². The van der Waals surface area contributed by atoms with E-state index in [1.165, 1.54) is 13.0 Å². The van der Waals surface area contributed by atoms with Crippen molar-refractivity contribution in [2.75, 3.05) is 12.3 Å². The number of benzene rings is 1. The van der Waals surface area contributed by atoms with Gasteiger partial charge in [0.2, 0.25) is 11.8 Å². The van der Waals surface area contributed by atoms with Crippen LogP contribution < -0.4 is 16.4 Å². The zero-order valence-corrected chi connectivity index (χ0v) is 27.1. The number of ether oxygens (including phenoxy) is 4. The van der Waals surface area contributed by atoms with E-state index in [2.05, 4.69) is 42.7 Å². The third-order valence-electron chi connectivity index (χ3n) is 8.64. The lowest BCUT2D eigenvalue weighted by molar-refractivity contribution is -0.143. The second-order valence-electron chi connectivity index (χ2n) is 12.8. The van der Waals surface area contributed by atoms with E-state index < -0.39 is 6.10 Å². The Hall–Kier alpha value is -3.47. The molecular formula is C35H49N3O7. The normalized spacial score (nSPS) is 30.7. The minimum atomic E-state index is -0.465. The van der Waals surface area contributed by atoms with Crippen molar-refractivity contribution in [1.82, 2.24) is 10.6 Å². The largest absolute Gasteiger partial charge is 0.459 e. The van der Waals surface area contributed by atoms with E-state index in [1.807, 2.05) is 31.2 Å². The van der Waals surface area contributed by atoms with E-state index in [4.69, 9.17) is 24.7 Å². The van der Waals surface area contributed by atoms with Gasteiger partial charge in [-0.05, 0) is 63.3 Å². The van der Waals surface area contributed by atoms with Crippen LogP contribution in [0.4, 0.5) is 5.69 Å². The summed E-state index contributed by atoms with van der Waals surface area (Å²) in [4.78, 5) is 36.1. The van der Waals surface area contributed by atoms with Gasteiger partial charge in [0.05, 0.1) is 49.1 Å². The fourth-order valence-corrected chi connectivity index (χ4v) is 5.99.